The second-order valence-corrected chi connectivity index (χ2v) is 5.30. The van der Waals surface area contributed by atoms with Crippen molar-refractivity contribution < 1.29 is 14.6 Å². The number of halogens is 1. The molecular formula is C14H19ClN2O3. The van der Waals surface area contributed by atoms with Gasteiger partial charge in [0.15, 0.2) is 0 Å². The molecule has 5 nitrogen and oxygen atoms in total. The molecule has 1 aliphatic rings. The summed E-state index contributed by atoms with van der Waals surface area (Å²) in [5.41, 5.74) is 0.655. The molecular weight excluding hydrogens is 280 g/mol. The van der Waals surface area contributed by atoms with Gasteiger partial charge in [0.2, 0.25) is 5.91 Å². The first-order valence-corrected chi connectivity index (χ1v) is 7.00. The highest BCUT2D eigenvalue weighted by molar-refractivity contribution is 6.32. The molecule has 1 aliphatic heterocycles. The minimum atomic E-state index is -0.251. The van der Waals surface area contributed by atoms with Crippen molar-refractivity contribution >= 4 is 23.2 Å². The number of aliphatic hydroxyl groups excluding tert-OH is 1. The fourth-order valence-electron chi connectivity index (χ4n) is 2.24. The number of methoxy groups -OCH3 is 1. The number of nitrogens with zero attached hydrogens (tertiary/aromatic N) is 1. The summed E-state index contributed by atoms with van der Waals surface area (Å²) >= 11 is 6.00. The van der Waals surface area contributed by atoms with Crippen LogP contribution in [0.5, 0.6) is 5.75 Å². The SMILES string of the molecule is COc1ccc(NC(=O)CCN2CC[C@H](O)C2)cc1Cl. The molecule has 1 atom stereocenters. The largest absolute Gasteiger partial charge is 0.495 e. The van der Waals surface area contributed by atoms with Crippen LogP contribution in [0.1, 0.15) is 12.8 Å². The van der Waals surface area contributed by atoms with Crippen LogP contribution in [-0.2, 0) is 4.79 Å². The third-order valence-electron chi connectivity index (χ3n) is 3.34. The number of amides is 1. The lowest BCUT2D eigenvalue weighted by molar-refractivity contribution is -0.116. The fourth-order valence-corrected chi connectivity index (χ4v) is 2.50. The smallest absolute Gasteiger partial charge is 0.225 e. The van der Waals surface area contributed by atoms with Gasteiger partial charge in [0.1, 0.15) is 5.75 Å². The molecule has 0 spiro atoms. The highest BCUT2D eigenvalue weighted by atomic mass is 35.5. The fraction of sp³-hybridized carbons (Fsp3) is 0.500. The quantitative estimate of drug-likeness (QED) is 0.869. The van der Waals surface area contributed by atoms with E-state index < -0.39 is 0 Å². The lowest BCUT2D eigenvalue weighted by Gasteiger charge is -2.14. The van der Waals surface area contributed by atoms with E-state index in [4.69, 9.17) is 16.3 Å². The lowest BCUT2D eigenvalue weighted by atomic mass is 10.3. The molecule has 1 amide bonds. The molecule has 20 heavy (non-hydrogen) atoms. The van der Waals surface area contributed by atoms with Crippen molar-refractivity contribution in [2.75, 3.05) is 32.1 Å². The van der Waals surface area contributed by atoms with Gasteiger partial charge >= 0.3 is 0 Å². The number of hydrogen-bond acceptors (Lipinski definition) is 4. The second kappa shape index (κ2) is 6.92. The number of ether oxygens (including phenoxy) is 1. The Labute approximate surface area is 123 Å². The first-order valence-electron chi connectivity index (χ1n) is 6.62. The number of carbonyl (C=O) groups excluding carboxylic acids is 1. The van der Waals surface area contributed by atoms with Crippen molar-refractivity contribution in [1.29, 1.82) is 0 Å². The number of likely N-dealkylation sites (tertiary alicyclic amines) is 1. The molecule has 6 heteroatoms. The third-order valence-corrected chi connectivity index (χ3v) is 3.63. The van der Waals surface area contributed by atoms with Crippen molar-refractivity contribution in [3.8, 4) is 5.75 Å². The van der Waals surface area contributed by atoms with Gasteiger partial charge in [-0.1, -0.05) is 11.6 Å². The van der Waals surface area contributed by atoms with Crippen LogP contribution in [0.15, 0.2) is 18.2 Å². The molecule has 0 radical (unpaired) electrons. The molecule has 2 rings (SSSR count). The van der Waals surface area contributed by atoms with E-state index in [-0.39, 0.29) is 12.0 Å². The van der Waals surface area contributed by atoms with Gasteiger partial charge in [0.25, 0.3) is 0 Å². The molecule has 1 heterocycles. The number of anilines is 1. The van der Waals surface area contributed by atoms with Crippen molar-refractivity contribution in [2.45, 2.75) is 18.9 Å². The van der Waals surface area contributed by atoms with Crippen molar-refractivity contribution in [1.82, 2.24) is 4.90 Å². The summed E-state index contributed by atoms with van der Waals surface area (Å²) in [5.74, 6) is 0.517. The molecule has 110 valence electrons. The van der Waals surface area contributed by atoms with Crippen LogP contribution in [0.25, 0.3) is 0 Å². The molecule has 0 unspecified atom stereocenters. The molecule has 1 aromatic carbocycles. The average molecular weight is 299 g/mol. The van der Waals surface area contributed by atoms with E-state index >= 15 is 0 Å². The molecule has 1 fully saturated rings. The Morgan fingerprint density at radius 3 is 3.00 bits per heavy atom. The Kier molecular flexibility index (Phi) is 5.23. The second-order valence-electron chi connectivity index (χ2n) is 4.89. The minimum absolute atomic E-state index is 0.0624. The van der Waals surface area contributed by atoms with Gasteiger partial charge in [-0.25, -0.2) is 0 Å². The maximum atomic E-state index is 11.8. The van der Waals surface area contributed by atoms with Crippen molar-refractivity contribution in [2.24, 2.45) is 0 Å². The number of benzene rings is 1. The van der Waals surface area contributed by atoms with Crippen LogP contribution in [0.2, 0.25) is 5.02 Å². The van der Waals surface area contributed by atoms with Gasteiger partial charge in [-0.2, -0.15) is 0 Å². The number of β-amino-alcohol motifs (C(OH)–C–C–N with tert-alkyl or cyclic N) is 1. The average Bonchev–Trinajstić information content (AvgIpc) is 2.82. The number of carbonyl (C=O) groups is 1. The van der Waals surface area contributed by atoms with Crippen LogP contribution in [0.4, 0.5) is 5.69 Å². The summed E-state index contributed by atoms with van der Waals surface area (Å²) in [5, 5.41) is 12.7. The Bertz CT molecular complexity index is 481. The van der Waals surface area contributed by atoms with Gasteiger partial charge in [-0.05, 0) is 24.6 Å². The topological polar surface area (TPSA) is 61.8 Å². The monoisotopic (exact) mass is 298 g/mol. The summed E-state index contributed by atoms with van der Waals surface area (Å²) in [4.78, 5) is 13.9. The molecule has 1 saturated heterocycles. The van der Waals surface area contributed by atoms with E-state index in [9.17, 15) is 9.90 Å². The van der Waals surface area contributed by atoms with E-state index in [0.29, 0.717) is 36.0 Å². The number of hydrogen-bond donors (Lipinski definition) is 2. The predicted molar refractivity (Wildman–Crippen MR) is 78.3 cm³/mol. The first-order chi connectivity index (χ1) is 9.58. The Hall–Kier alpha value is -1.30. The zero-order valence-corrected chi connectivity index (χ0v) is 12.2. The molecule has 0 aliphatic carbocycles. The number of nitrogens with one attached hydrogen (secondary N) is 1. The lowest BCUT2D eigenvalue weighted by Crippen LogP contribution is -2.26. The Morgan fingerprint density at radius 1 is 1.60 bits per heavy atom. The Morgan fingerprint density at radius 2 is 2.40 bits per heavy atom. The van der Waals surface area contributed by atoms with Crippen molar-refractivity contribution in [3.05, 3.63) is 23.2 Å². The van der Waals surface area contributed by atoms with Crippen LogP contribution < -0.4 is 10.1 Å². The van der Waals surface area contributed by atoms with E-state index in [1.807, 2.05) is 0 Å². The molecule has 0 aromatic heterocycles. The number of rotatable bonds is 5. The van der Waals surface area contributed by atoms with Crippen LogP contribution >= 0.6 is 11.6 Å². The van der Waals surface area contributed by atoms with Gasteiger partial charge in [-0.15, -0.1) is 0 Å². The first kappa shape index (κ1) is 15.1. The normalized spacial score (nSPS) is 19.1. The maximum absolute atomic E-state index is 11.8. The van der Waals surface area contributed by atoms with Gasteiger partial charge in [0.05, 0.1) is 18.2 Å². The van der Waals surface area contributed by atoms with E-state index in [1.165, 1.54) is 0 Å². The number of aliphatic hydroxyl groups is 1. The van der Waals surface area contributed by atoms with Crippen LogP contribution in [-0.4, -0.2) is 48.8 Å². The van der Waals surface area contributed by atoms with Gasteiger partial charge in [-0.3, -0.25) is 4.79 Å². The van der Waals surface area contributed by atoms with Gasteiger partial charge < -0.3 is 20.1 Å². The molecule has 0 saturated carbocycles. The summed E-state index contributed by atoms with van der Waals surface area (Å²) in [6.07, 6.45) is 0.935. The summed E-state index contributed by atoms with van der Waals surface area (Å²) < 4.78 is 5.05. The van der Waals surface area contributed by atoms with E-state index in [0.717, 1.165) is 13.0 Å². The van der Waals surface area contributed by atoms with Crippen molar-refractivity contribution in [3.63, 3.8) is 0 Å². The van der Waals surface area contributed by atoms with Crippen LogP contribution in [0, 0.1) is 0 Å². The zero-order valence-electron chi connectivity index (χ0n) is 11.4. The molecule has 2 N–H and O–H groups in total. The highest BCUT2D eigenvalue weighted by Crippen LogP contribution is 2.27. The minimum Gasteiger partial charge on any atom is -0.495 e. The maximum Gasteiger partial charge on any atom is 0.225 e. The van der Waals surface area contributed by atoms with E-state index in [1.54, 1.807) is 25.3 Å². The van der Waals surface area contributed by atoms with E-state index in [2.05, 4.69) is 10.2 Å². The molecule has 1 aromatic rings. The zero-order chi connectivity index (χ0) is 14.5. The van der Waals surface area contributed by atoms with Gasteiger partial charge in [0, 0.05) is 31.7 Å². The summed E-state index contributed by atoms with van der Waals surface area (Å²) in [6.45, 7) is 2.16. The molecule has 0 bridgehead atoms. The van der Waals surface area contributed by atoms with Crippen LogP contribution in [0.3, 0.4) is 0 Å². The summed E-state index contributed by atoms with van der Waals surface area (Å²) in [7, 11) is 1.55. The Balaban J connectivity index is 1.80. The predicted octanol–water partition coefficient (Wildman–Crippen LogP) is 1.74. The summed E-state index contributed by atoms with van der Waals surface area (Å²) in [6, 6.07) is 5.13. The highest BCUT2D eigenvalue weighted by Gasteiger charge is 2.20. The standard InChI is InChI=1S/C14H19ClN2O3/c1-20-13-3-2-10(8-12(13)15)16-14(19)5-7-17-6-4-11(18)9-17/h2-3,8,11,18H,4-7,9H2,1H3,(H,16,19)/t11-/m0/s1. The third kappa shape index (κ3) is 4.10.